The zero-order chi connectivity index (χ0) is 17.6. The molecule has 0 aliphatic heterocycles. The third kappa shape index (κ3) is 3.76. The fourth-order valence-electron chi connectivity index (χ4n) is 2.08. The number of benzene rings is 2. The van der Waals surface area contributed by atoms with E-state index in [0.717, 1.165) is 0 Å². The Balaban J connectivity index is 1.73. The van der Waals surface area contributed by atoms with Crippen molar-refractivity contribution >= 4 is 23.2 Å². The van der Waals surface area contributed by atoms with Gasteiger partial charge >= 0.3 is 0 Å². The van der Waals surface area contributed by atoms with Gasteiger partial charge in [0, 0.05) is 12.4 Å². The van der Waals surface area contributed by atoms with Crippen LogP contribution in [0.25, 0.3) is 0 Å². The van der Waals surface area contributed by atoms with Gasteiger partial charge in [0.05, 0.1) is 22.5 Å². The molecule has 0 spiro atoms. The lowest BCUT2D eigenvalue weighted by atomic mass is 10.2. The highest BCUT2D eigenvalue weighted by atomic mass is 19.1. The maximum absolute atomic E-state index is 13.6. The molecule has 6 nitrogen and oxygen atoms in total. The van der Waals surface area contributed by atoms with Crippen molar-refractivity contribution in [3.8, 4) is 6.07 Å². The average Bonchev–Trinajstić information content (AvgIpc) is 2.64. The molecule has 0 aliphatic carbocycles. The van der Waals surface area contributed by atoms with E-state index in [2.05, 4.69) is 20.6 Å². The summed E-state index contributed by atoms with van der Waals surface area (Å²) >= 11 is 0. The first-order valence-electron chi connectivity index (χ1n) is 7.31. The number of halogens is 1. The number of carbonyl (C=O) groups excluding carboxylic acids is 1. The number of anilines is 3. The molecule has 122 valence electrons. The van der Waals surface area contributed by atoms with Crippen LogP contribution in [0.15, 0.2) is 60.9 Å². The van der Waals surface area contributed by atoms with Crippen molar-refractivity contribution in [2.75, 3.05) is 10.6 Å². The Kier molecular flexibility index (Phi) is 4.62. The zero-order valence-corrected chi connectivity index (χ0v) is 12.9. The summed E-state index contributed by atoms with van der Waals surface area (Å²) in [6.07, 6.45) is 2.64. The van der Waals surface area contributed by atoms with Crippen LogP contribution in [0.3, 0.4) is 0 Å². The molecule has 3 aromatic rings. The first kappa shape index (κ1) is 16.1. The number of hydrogen-bond donors (Lipinski definition) is 2. The molecule has 0 bridgehead atoms. The van der Waals surface area contributed by atoms with Gasteiger partial charge in [0.15, 0.2) is 0 Å². The molecule has 1 amide bonds. The summed E-state index contributed by atoms with van der Waals surface area (Å²) in [6, 6.07) is 14.8. The lowest BCUT2D eigenvalue weighted by molar-refractivity contribution is 0.102. The molecule has 7 heteroatoms. The minimum absolute atomic E-state index is 0.166. The summed E-state index contributed by atoms with van der Waals surface area (Å²) in [5.74, 6) is -0.708. The van der Waals surface area contributed by atoms with Gasteiger partial charge in [0.2, 0.25) is 5.95 Å². The summed E-state index contributed by atoms with van der Waals surface area (Å²) in [7, 11) is 0. The van der Waals surface area contributed by atoms with Gasteiger partial charge in [0.25, 0.3) is 5.91 Å². The summed E-state index contributed by atoms with van der Waals surface area (Å²) in [5, 5.41) is 14.4. The third-order valence-electron chi connectivity index (χ3n) is 3.33. The maximum atomic E-state index is 13.6. The van der Waals surface area contributed by atoms with E-state index < -0.39 is 11.7 Å². The van der Waals surface area contributed by atoms with Crippen LogP contribution in [0.5, 0.6) is 0 Å². The molecule has 2 aromatic carbocycles. The lowest BCUT2D eigenvalue weighted by Crippen LogP contribution is -2.14. The van der Waals surface area contributed by atoms with E-state index in [-0.39, 0.29) is 17.2 Å². The standard InChI is InChI=1S/C18H12FN5O/c19-14-6-2-4-8-16(14)24-18-21-10-13(11-22-18)17(25)23-15-7-3-1-5-12(15)9-20/h1-8,10-11H,(H,23,25)(H,21,22,24). The van der Waals surface area contributed by atoms with Crippen LogP contribution in [0, 0.1) is 17.1 Å². The van der Waals surface area contributed by atoms with Crippen molar-refractivity contribution in [3.05, 3.63) is 77.9 Å². The van der Waals surface area contributed by atoms with E-state index in [1.807, 2.05) is 6.07 Å². The molecule has 2 N–H and O–H groups in total. The van der Waals surface area contributed by atoms with Crippen molar-refractivity contribution in [2.24, 2.45) is 0 Å². The number of aromatic nitrogens is 2. The van der Waals surface area contributed by atoms with Crippen LogP contribution < -0.4 is 10.6 Å². The lowest BCUT2D eigenvalue weighted by Gasteiger charge is -2.08. The molecule has 0 radical (unpaired) electrons. The summed E-state index contributed by atoms with van der Waals surface area (Å²) in [6.45, 7) is 0. The molecule has 0 saturated carbocycles. The predicted molar refractivity (Wildman–Crippen MR) is 90.8 cm³/mol. The minimum Gasteiger partial charge on any atom is -0.322 e. The first-order chi connectivity index (χ1) is 12.2. The van der Waals surface area contributed by atoms with Gasteiger partial charge in [0.1, 0.15) is 11.9 Å². The number of nitriles is 1. The summed E-state index contributed by atoms with van der Waals surface area (Å²) in [5.41, 5.74) is 1.22. The second-order valence-electron chi connectivity index (χ2n) is 5.01. The van der Waals surface area contributed by atoms with Gasteiger partial charge < -0.3 is 10.6 Å². The Labute approximate surface area is 143 Å². The van der Waals surface area contributed by atoms with E-state index in [1.54, 1.807) is 42.5 Å². The normalized spacial score (nSPS) is 9.92. The van der Waals surface area contributed by atoms with Gasteiger partial charge in [-0.2, -0.15) is 5.26 Å². The van der Waals surface area contributed by atoms with Crippen molar-refractivity contribution in [1.29, 1.82) is 5.26 Å². The van der Waals surface area contributed by atoms with Crippen molar-refractivity contribution in [1.82, 2.24) is 9.97 Å². The zero-order valence-electron chi connectivity index (χ0n) is 12.9. The van der Waals surface area contributed by atoms with Crippen LogP contribution in [0.1, 0.15) is 15.9 Å². The Morgan fingerprint density at radius 1 is 1.00 bits per heavy atom. The highest BCUT2D eigenvalue weighted by molar-refractivity contribution is 6.04. The number of para-hydroxylation sites is 2. The Morgan fingerprint density at radius 2 is 1.64 bits per heavy atom. The van der Waals surface area contributed by atoms with Crippen molar-refractivity contribution in [2.45, 2.75) is 0 Å². The summed E-state index contributed by atoms with van der Waals surface area (Å²) in [4.78, 5) is 20.2. The highest BCUT2D eigenvalue weighted by Gasteiger charge is 2.10. The highest BCUT2D eigenvalue weighted by Crippen LogP contribution is 2.17. The molecule has 1 aromatic heterocycles. The van der Waals surface area contributed by atoms with E-state index >= 15 is 0 Å². The van der Waals surface area contributed by atoms with Gasteiger partial charge in [-0.15, -0.1) is 0 Å². The quantitative estimate of drug-likeness (QED) is 0.763. The molecular formula is C18H12FN5O. The van der Waals surface area contributed by atoms with E-state index in [1.165, 1.54) is 18.5 Å². The maximum Gasteiger partial charge on any atom is 0.258 e. The largest absolute Gasteiger partial charge is 0.322 e. The molecular weight excluding hydrogens is 321 g/mol. The number of hydrogen-bond acceptors (Lipinski definition) is 5. The van der Waals surface area contributed by atoms with Crippen LogP contribution in [0.4, 0.5) is 21.7 Å². The Morgan fingerprint density at radius 3 is 2.32 bits per heavy atom. The molecule has 1 heterocycles. The van der Waals surface area contributed by atoms with Crippen LogP contribution >= 0.6 is 0 Å². The molecule has 0 atom stereocenters. The Hall–Kier alpha value is -3.79. The Bertz CT molecular complexity index is 950. The van der Waals surface area contributed by atoms with E-state index in [0.29, 0.717) is 11.3 Å². The molecule has 3 rings (SSSR count). The molecule has 25 heavy (non-hydrogen) atoms. The van der Waals surface area contributed by atoms with E-state index in [4.69, 9.17) is 5.26 Å². The average molecular weight is 333 g/mol. The molecule has 0 unspecified atom stereocenters. The monoisotopic (exact) mass is 333 g/mol. The predicted octanol–water partition coefficient (Wildman–Crippen LogP) is 3.48. The fourth-order valence-corrected chi connectivity index (χ4v) is 2.08. The fraction of sp³-hybridized carbons (Fsp3) is 0. The SMILES string of the molecule is N#Cc1ccccc1NC(=O)c1cnc(Nc2ccccc2F)nc1. The molecule has 0 saturated heterocycles. The minimum atomic E-state index is -0.444. The van der Waals surface area contributed by atoms with Gasteiger partial charge in [-0.25, -0.2) is 14.4 Å². The van der Waals surface area contributed by atoms with Crippen molar-refractivity contribution < 1.29 is 9.18 Å². The topological polar surface area (TPSA) is 90.7 Å². The van der Waals surface area contributed by atoms with Crippen LogP contribution in [0.2, 0.25) is 0 Å². The summed E-state index contributed by atoms with van der Waals surface area (Å²) < 4.78 is 13.6. The van der Waals surface area contributed by atoms with Gasteiger partial charge in [-0.1, -0.05) is 24.3 Å². The van der Waals surface area contributed by atoms with Gasteiger partial charge in [-0.05, 0) is 24.3 Å². The van der Waals surface area contributed by atoms with E-state index in [9.17, 15) is 9.18 Å². The molecule has 0 fully saturated rings. The van der Waals surface area contributed by atoms with Crippen LogP contribution in [-0.4, -0.2) is 15.9 Å². The number of rotatable bonds is 4. The second kappa shape index (κ2) is 7.19. The second-order valence-corrected chi connectivity index (χ2v) is 5.01. The molecule has 0 aliphatic rings. The van der Waals surface area contributed by atoms with Gasteiger partial charge in [-0.3, -0.25) is 4.79 Å². The third-order valence-corrected chi connectivity index (χ3v) is 3.33. The number of nitrogens with one attached hydrogen (secondary N) is 2. The smallest absolute Gasteiger partial charge is 0.258 e. The number of nitrogens with zero attached hydrogens (tertiary/aromatic N) is 3. The van der Waals surface area contributed by atoms with Crippen molar-refractivity contribution in [3.63, 3.8) is 0 Å². The van der Waals surface area contributed by atoms with Crippen LogP contribution in [-0.2, 0) is 0 Å². The first-order valence-corrected chi connectivity index (χ1v) is 7.31. The number of amides is 1. The number of carbonyl (C=O) groups is 1.